The van der Waals surface area contributed by atoms with Crippen LogP contribution < -0.4 is 11.5 Å². The molecule has 0 unspecified atom stereocenters. The maximum atomic E-state index is 8.74. The van der Waals surface area contributed by atoms with Gasteiger partial charge >= 0.3 is 10.4 Å². The molecule has 0 atom stereocenters. The van der Waals surface area contributed by atoms with Crippen LogP contribution in [0.4, 0.5) is 0 Å². The first-order chi connectivity index (χ1) is 24.4. The van der Waals surface area contributed by atoms with E-state index in [0.717, 1.165) is 37.5 Å². The highest BCUT2D eigenvalue weighted by molar-refractivity contribution is 7.79. The molecule has 0 heterocycles. The Morgan fingerprint density at radius 1 is 0.431 bits per heavy atom. The second-order valence-corrected chi connectivity index (χ2v) is 17.9. The molecule has 0 aromatic carbocycles. The largest absolute Gasteiger partial charge is 0.394 e. The first-order valence-electron chi connectivity index (χ1n) is 22.7. The minimum absolute atomic E-state index is 0.123. The van der Waals surface area contributed by atoms with Gasteiger partial charge in [-0.2, -0.15) is 8.42 Å². The summed E-state index contributed by atoms with van der Waals surface area (Å²) in [7, 11) is -4.67. The van der Waals surface area contributed by atoms with Crippen molar-refractivity contribution in [1.82, 2.24) is 0 Å². The summed E-state index contributed by atoms with van der Waals surface area (Å²) >= 11 is 0. The van der Waals surface area contributed by atoms with Crippen molar-refractivity contribution < 1.29 is 17.5 Å². The van der Waals surface area contributed by atoms with Crippen molar-refractivity contribution in [2.75, 3.05) is 0 Å². The normalized spacial score (nSPS) is 16.3. The van der Waals surface area contributed by atoms with E-state index in [2.05, 4.69) is 27.7 Å². The molecule has 0 aliphatic heterocycles. The first-order valence-corrected chi connectivity index (χ1v) is 24.1. The number of hydrogen-bond acceptors (Lipinski definition) is 4. The zero-order chi connectivity index (χ0) is 38.1. The van der Waals surface area contributed by atoms with Crippen LogP contribution in [0, 0.1) is 11.8 Å². The quantitative estimate of drug-likeness (QED) is 0.0466. The van der Waals surface area contributed by atoms with Crippen molar-refractivity contribution >= 4 is 10.4 Å². The maximum absolute atomic E-state index is 8.74. The Bertz CT molecular complexity index is 770. The van der Waals surface area contributed by atoms with Crippen molar-refractivity contribution in [2.45, 2.75) is 270 Å². The number of nitrogens with two attached hydrogens (primary N) is 2. The van der Waals surface area contributed by atoms with Gasteiger partial charge in [-0.05, 0) is 50.4 Å². The van der Waals surface area contributed by atoms with Crippen LogP contribution in [0.25, 0.3) is 0 Å². The lowest BCUT2D eigenvalue weighted by Gasteiger charge is -2.26. The van der Waals surface area contributed by atoms with Crippen molar-refractivity contribution in [3.05, 3.63) is 0 Å². The number of hydrogen-bond donors (Lipinski definition) is 4. The SMILES string of the molecule is CCC(N)(CC)CCCCCCCCCCCC1CCCCC1.CCC(N)(CC)CCCCCCCCCCCC1CCCCC1.O=S(=O)(O)O. The molecule has 0 aromatic heterocycles. The fourth-order valence-corrected chi connectivity index (χ4v) is 8.45. The zero-order valence-electron chi connectivity index (χ0n) is 34.9. The molecule has 2 aliphatic rings. The summed E-state index contributed by atoms with van der Waals surface area (Å²) in [4.78, 5) is 0. The van der Waals surface area contributed by atoms with E-state index < -0.39 is 10.4 Å². The third-order valence-corrected chi connectivity index (χ3v) is 12.8. The Kier molecular flexibility index (Phi) is 33.0. The molecule has 0 bridgehead atoms. The number of rotatable bonds is 28. The second-order valence-electron chi connectivity index (χ2n) is 17.0. The molecule has 0 aromatic rings. The predicted octanol–water partition coefficient (Wildman–Crippen LogP) is 14.1. The van der Waals surface area contributed by atoms with Crippen LogP contribution in [0.15, 0.2) is 0 Å². The topological polar surface area (TPSA) is 127 Å². The van der Waals surface area contributed by atoms with Crippen LogP contribution in [0.5, 0.6) is 0 Å². The highest BCUT2D eigenvalue weighted by atomic mass is 32.3. The lowest BCUT2D eigenvalue weighted by atomic mass is 9.85. The Labute approximate surface area is 320 Å². The molecule has 2 rings (SSSR count). The maximum Gasteiger partial charge on any atom is 0.394 e. The van der Waals surface area contributed by atoms with E-state index in [1.54, 1.807) is 0 Å². The van der Waals surface area contributed by atoms with Crippen molar-refractivity contribution in [3.63, 3.8) is 0 Å². The van der Waals surface area contributed by atoms with Gasteiger partial charge in [0.1, 0.15) is 0 Å². The van der Waals surface area contributed by atoms with Crippen molar-refractivity contribution in [2.24, 2.45) is 23.3 Å². The molecule has 2 saturated carbocycles. The van der Waals surface area contributed by atoms with Crippen LogP contribution in [0.3, 0.4) is 0 Å². The van der Waals surface area contributed by atoms with Crippen LogP contribution >= 0.6 is 0 Å². The summed E-state index contributed by atoms with van der Waals surface area (Å²) in [5, 5.41) is 0. The molecule has 6 nitrogen and oxygen atoms in total. The summed E-state index contributed by atoms with van der Waals surface area (Å²) in [6.07, 6.45) is 51.1. The van der Waals surface area contributed by atoms with Gasteiger partial charge in [-0.25, -0.2) is 0 Å². The third kappa shape index (κ3) is 34.0. The molecular formula is C44H92N2O4S. The first kappa shape index (κ1) is 50.8. The molecule has 6 N–H and O–H groups in total. The molecule has 0 radical (unpaired) electrons. The fourth-order valence-electron chi connectivity index (χ4n) is 8.45. The molecule has 0 amide bonds. The van der Waals surface area contributed by atoms with E-state index in [1.807, 2.05) is 0 Å². The molecule has 0 spiro atoms. The molecule has 0 saturated heterocycles. The average molecular weight is 745 g/mol. The van der Waals surface area contributed by atoms with Crippen LogP contribution in [-0.2, 0) is 10.4 Å². The Hall–Kier alpha value is -0.210. The van der Waals surface area contributed by atoms with Gasteiger partial charge in [0.15, 0.2) is 0 Å². The Morgan fingerprint density at radius 3 is 0.882 bits per heavy atom. The summed E-state index contributed by atoms with van der Waals surface area (Å²) in [6, 6.07) is 0. The number of unbranched alkanes of at least 4 members (excludes halogenated alkanes) is 16. The van der Waals surface area contributed by atoms with Gasteiger partial charge < -0.3 is 11.5 Å². The average Bonchev–Trinajstić information content (AvgIpc) is 3.13. The van der Waals surface area contributed by atoms with Gasteiger partial charge in [0.25, 0.3) is 0 Å². The molecular weight excluding hydrogens is 653 g/mol. The van der Waals surface area contributed by atoms with Crippen LogP contribution in [0.2, 0.25) is 0 Å². The molecule has 308 valence electrons. The predicted molar refractivity (Wildman–Crippen MR) is 224 cm³/mol. The molecule has 51 heavy (non-hydrogen) atoms. The van der Waals surface area contributed by atoms with Gasteiger partial charge in [0.05, 0.1) is 0 Å². The minimum Gasteiger partial charge on any atom is -0.325 e. The van der Waals surface area contributed by atoms with E-state index in [4.69, 9.17) is 29.0 Å². The van der Waals surface area contributed by atoms with Crippen LogP contribution in [0.1, 0.15) is 259 Å². The molecule has 2 aliphatic carbocycles. The smallest absolute Gasteiger partial charge is 0.325 e. The standard InChI is InChI=1S/2C22H45N.H2O4S/c2*1-3-22(23,4-2)20-16-11-9-7-5-6-8-10-13-17-21-18-14-12-15-19-21;1-5(2,3)4/h2*21H,3-20,23H2,1-2H3;(H2,1,2,3,4). The van der Waals surface area contributed by atoms with Crippen LogP contribution in [-0.4, -0.2) is 28.6 Å². The second kappa shape index (κ2) is 33.2. The third-order valence-electron chi connectivity index (χ3n) is 12.8. The lowest BCUT2D eigenvalue weighted by Crippen LogP contribution is -2.38. The van der Waals surface area contributed by atoms with Gasteiger partial charge in [-0.3, -0.25) is 9.11 Å². The van der Waals surface area contributed by atoms with Crippen molar-refractivity contribution in [1.29, 1.82) is 0 Å². The summed E-state index contributed by atoms with van der Waals surface area (Å²) in [5.74, 6) is 2.18. The van der Waals surface area contributed by atoms with E-state index >= 15 is 0 Å². The van der Waals surface area contributed by atoms with Gasteiger partial charge in [-0.1, -0.05) is 220 Å². The Morgan fingerprint density at radius 2 is 0.647 bits per heavy atom. The zero-order valence-corrected chi connectivity index (χ0v) is 35.7. The van der Waals surface area contributed by atoms with E-state index in [1.165, 1.54) is 205 Å². The van der Waals surface area contributed by atoms with Gasteiger partial charge in [-0.15, -0.1) is 0 Å². The molecule has 2 fully saturated rings. The highest BCUT2D eigenvalue weighted by Crippen LogP contribution is 2.29. The van der Waals surface area contributed by atoms with E-state index in [0.29, 0.717) is 0 Å². The van der Waals surface area contributed by atoms with Crippen molar-refractivity contribution in [3.8, 4) is 0 Å². The monoisotopic (exact) mass is 745 g/mol. The highest BCUT2D eigenvalue weighted by Gasteiger charge is 2.20. The Balaban J connectivity index is 0.000000865. The fraction of sp³-hybridized carbons (Fsp3) is 1.00. The summed E-state index contributed by atoms with van der Waals surface area (Å²) < 4.78 is 31.6. The van der Waals surface area contributed by atoms with Gasteiger partial charge in [0.2, 0.25) is 0 Å². The van der Waals surface area contributed by atoms with E-state index in [9.17, 15) is 0 Å². The summed E-state index contributed by atoms with van der Waals surface area (Å²) in [6.45, 7) is 8.94. The van der Waals surface area contributed by atoms with Gasteiger partial charge in [0, 0.05) is 11.1 Å². The lowest BCUT2D eigenvalue weighted by molar-refractivity contribution is 0.327. The summed E-state index contributed by atoms with van der Waals surface area (Å²) in [5.41, 5.74) is 13.0. The van der Waals surface area contributed by atoms with E-state index in [-0.39, 0.29) is 11.1 Å². The minimum atomic E-state index is -4.67. The molecule has 7 heteroatoms.